The third-order valence-electron chi connectivity index (χ3n) is 2.84. The topological polar surface area (TPSA) is 38.7 Å². The van der Waals surface area contributed by atoms with Gasteiger partial charge in [-0.25, -0.2) is 0 Å². The van der Waals surface area contributed by atoms with E-state index in [9.17, 15) is 5.11 Å². The molecule has 0 amide bonds. The van der Waals surface area contributed by atoms with Gasteiger partial charge in [-0.2, -0.15) is 0 Å². The van der Waals surface area contributed by atoms with Gasteiger partial charge in [-0.15, -0.1) is 0 Å². The summed E-state index contributed by atoms with van der Waals surface area (Å²) in [7, 11) is 0. The van der Waals surface area contributed by atoms with Gasteiger partial charge < -0.3 is 14.6 Å². The Labute approximate surface area is 72.7 Å². The van der Waals surface area contributed by atoms with Crippen molar-refractivity contribution in [1.29, 1.82) is 0 Å². The van der Waals surface area contributed by atoms with E-state index in [1.165, 1.54) is 0 Å². The van der Waals surface area contributed by atoms with Gasteiger partial charge in [0.15, 0.2) is 0 Å². The van der Waals surface area contributed by atoms with Crippen LogP contribution in [0.5, 0.6) is 0 Å². The molecule has 2 rings (SSSR count). The van der Waals surface area contributed by atoms with Crippen molar-refractivity contribution in [2.45, 2.75) is 25.4 Å². The molecular weight excluding hydrogens is 156 g/mol. The van der Waals surface area contributed by atoms with Gasteiger partial charge in [0.25, 0.3) is 0 Å². The smallest absolute Gasteiger partial charge is 0.111 e. The fourth-order valence-electron chi connectivity index (χ4n) is 1.61. The average Bonchev–Trinajstić information content (AvgIpc) is 1.93. The average molecular weight is 172 g/mol. The zero-order chi connectivity index (χ0) is 8.66. The van der Waals surface area contributed by atoms with Gasteiger partial charge in [-0.3, -0.25) is 0 Å². The number of hydrogen-bond acceptors (Lipinski definition) is 3. The Morgan fingerprint density at radius 2 is 1.67 bits per heavy atom. The maximum Gasteiger partial charge on any atom is 0.111 e. The van der Waals surface area contributed by atoms with Gasteiger partial charge in [0.2, 0.25) is 0 Å². The van der Waals surface area contributed by atoms with Gasteiger partial charge >= 0.3 is 0 Å². The minimum absolute atomic E-state index is 0.325. The first-order chi connectivity index (χ1) is 5.62. The summed E-state index contributed by atoms with van der Waals surface area (Å²) >= 11 is 0. The number of aliphatic hydroxyl groups is 1. The van der Waals surface area contributed by atoms with Crippen molar-refractivity contribution in [3.8, 4) is 0 Å². The van der Waals surface area contributed by atoms with Gasteiger partial charge in [-0.1, -0.05) is 6.92 Å². The van der Waals surface area contributed by atoms with Crippen LogP contribution in [-0.4, -0.2) is 37.1 Å². The monoisotopic (exact) mass is 172 g/mol. The van der Waals surface area contributed by atoms with Crippen LogP contribution < -0.4 is 0 Å². The third-order valence-corrected chi connectivity index (χ3v) is 2.84. The highest BCUT2D eigenvalue weighted by Crippen LogP contribution is 2.35. The minimum atomic E-state index is -0.515. The summed E-state index contributed by atoms with van der Waals surface area (Å²) in [5.41, 5.74) is -0.191. The lowest BCUT2D eigenvalue weighted by Crippen LogP contribution is -2.51. The van der Waals surface area contributed by atoms with Crippen LogP contribution in [-0.2, 0) is 9.47 Å². The molecule has 2 aliphatic rings. The second-order valence-corrected chi connectivity index (χ2v) is 4.52. The van der Waals surface area contributed by atoms with Crippen molar-refractivity contribution < 1.29 is 14.6 Å². The van der Waals surface area contributed by atoms with E-state index in [4.69, 9.17) is 9.47 Å². The first kappa shape index (κ1) is 8.48. The van der Waals surface area contributed by atoms with Crippen LogP contribution in [0, 0.1) is 5.41 Å². The fourth-order valence-corrected chi connectivity index (χ4v) is 1.61. The summed E-state index contributed by atoms with van der Waals surface area (Å²) in [5, 5.41) is 9.73. The van der Waals surface area contributed by atoms with E-state index in [0.717, 1.165) is 26.1 Å². The molecule has 0 atom stereocenters. The number of hydrogen-bond donors (Lipinski definition) is 1. The van der Waals surface area contributed by atoms with Crippen molar-refractivity contribution in [2.75, 3.05) is 26.4 Å². The van der Waals surface area contributed by atoms with Gasteiger partial charge in [0.05, 0.1) is 26.4 Å². The minimum Gasteiger partial charge on any atom is -0.385 e. The molecule has 0 spiro atoms. The lowest BCUT2D eigenvalue weighted by Gasteiger charge is -2.43. The SMILES string of the molecule is CC1(CCC2(O)COC2)COC1. The molecule has 2 aliphatic heterocycles. The maximum atomic E-state index is 9.73. The molecule has 12 heavy (non-hydrogen) atoms. The summed E-state index contributed by atoms with van der Waals surface area (Å²) in [6.07, 6.45) is 1.90. The Balaban J connectivity index is 1.74. The Kier molecular flexibility index (Phi) is 1.90. The molecule has 0 aromatic rings. The number of ether oxygens (including phenoxy) is 2. The molecule has 0 aliphatic carbocycles. The van der Waals surface area contributed by atoms with E-state index in [-0.39, 0.29) is 0 Å². The molecule has 0 bridgehead atoms. The second-order valence-electron chi connectivity index (χ2n) is 4.52. The quantitative estimate of drug-likeness (QED) is 0.676. The van der Waals surface area contributed by atoms with Crippen molar-refractivity contribution in [2.24, 2.45) is 5.41 Å². The molecular formula is C9H16O3. The summed E-state index contributed by atoms with van der Waals surface area (Å²) in [5.74, 6) is 0. The lowest BCUT2D eigenvalue weighted by atomic mass is 9.79. The highest BCUT2D eigenvalue weighted by atomic mass is 16.5. The van der Waals surface area contributed by atoms with Gasteiger partial charge in [-0.05, 0) is 12.8 Å². The largest absolute Gasteiger partial charge is 0.385 e. The standard InChI is InChI=1S/C9H16O3/c1-8(4-11-5-8)2-3-9(10)6-12-7-9/h10H,2-7H2,1H3. The van der Waals surface area contributed by atoms with E-state index in [0.29, 0.717) is 18.6 Å². The zero-order valence-electron chi connectivity index (χ0n) is 7.51. The van der Waals surface area contributed by atoms with Crippen molar-refractivity contribution in [3.63, 3.8) is 0 Å². The predicted molar refractivity (Wildman–Crippen MR) is 43.9 cm³/mol. The maximum absolute atomic E-state index is 9.73. The van der Waals surface area contributed by atoms with E-state index < -0.39 is 5.60 Å². The highest BCUT2D eigenvalue weighted by molar-refractivity contribution is 4.90. The van der Waals surface area contributed by atoms with Crippen LogP contribution in [0.2, 0.25) is 0 Å². The molecule has 0 radical (unpaired) electrons. The summed E-state index contributed by atoms with van der Waals surface area (Å²) in [6, 6.07) is 0. The van der Waals surface area contributed by atoms with E-state index in [1.54, 1.807) is 0 Å². The van der Waals surface area contributed by atoms with E-state index >= 15 is 0 Å². The van der Waals surface area contributed by atoms with E-state index in [1.807, 2.05) is 0 Å². The Hall–Kier alpha value is -0.120. The molecule has 3 heteroatoms. The molecule has 2 fully saturated rings. The first-order valence-electron chi connectivity index (χ1n) is 4.50. The molecule has 0 saturated carbocycles. The predicted octanol–water partition coefficient (Wildman–Crippen LogP) is 0.564. The summed E-state index contributed by atoms with van der Waals surface area (Å²) < 4.78 is 10.1. The Morgan fingerprint density at radius 3 is 2.00 bits per heavy atom. The highest BCUT2D eigenvalue weighted by Gasteiger charge is 2.40. The van der Waals surface area contributed by atoms with Crippen LogP contribution in [0.4, 0.5) is 0 Å². The van der Waals surface area contributed by atoms with Gasteiger partial charge in [0.1, 0.15) is 5.60 Å². The fraction of sp³-hybridized carbons (Fsp3) is 1.00. The van der Waals surface area contributed by atoms with Crippen LogP contribution >= 0.6 is 0 Å². The molecule has 0 aromatic heterocycles. The van der Waals surface area contributed by atoms with Crippen molar-refractivity contribution in [1.82, 2.24) is 0 Å². The zero-order valence-corrected chi connectivity index (χ0v) is 7.51. The second kappa shape index (κ2) is 2.69. The molecule has 3 nitrogen and oxygen atoms in total. The Morgan fingerprint density at radius 1 is 1.08 bits per heavy atom. The molecule has 1 N–H and O–H groups in total. The molecule has 0 aromatic carbocycles. The van der Waals surface area contributed by atoms with Crippen LogP contribution in [0.25, 0.3) is 0 Å². The molecule has 0 unspecified atom stereocenters. The first-order valence-corrected chi connectivity index (χ1v) is 4.50. The van der Waals surface area contributed by atoms with Crippen molar-refractivity contribution >= 4 is 0 Å². The molecule has 70 valence electrons. The lowest BCUT2D eigenvalue weighted by molar-refractivity contribution is -0.193. The van der Waals surface area contributed by atoms with E-state index in [2.05, 4.69) is 6.92 Å². The molecule has 2 saturated heterocycles. The van der Waals surface area contributed by atoms with Gasteiger partial charge in [0, 0.05) is 5.41 Å². The van der Waals surface area contributed by atoms with Crippen LogP contribution in [0.15, 0.2) is 0 Å². The van der Waals surface area contributed by atoms with Crippen LogP contribution in [0.1, 0.15) is 19.8 Å². The molecule has 2 heterocycles. The summed E-state index contributed by atoms with van der Waals surface area (Å²) in [4.78, 5) is 0. The van der Waals surface area contributed by atoms with Crippen LogP contribution in [0.3, 0.4) is 0 Å². The number of rotatable bonds is 3. The van der Waals surface area contributed by atoms with Crippen molar-refractivity contribution in [3.05, 3.63) is 0 Å². The third kappa shape index (κ3) is 1.49. The Bertz CT molecular complexity index is 151. The summed E-state index contributed by atoms with van der Waals surface area (Å²) in [6.45, 7) is 4.95. The normalized spacial score (nSPS) is 30.5.